The lowest BCUT2D eigenvalue weighted by atomic mass is 10.1. The highest BCUT2D eigenvalue weighted by Gasteiger charge is 2.32. The van der Waals surface area contributed by atoms with Gasteiger partial charge in [0.05, 0.1) is 5.69 Å². The number of hydrogen-bond donors (Lipinski definition) is 0. The zero-order valence-electron chi connectivity index (χ0n) is 11.4. The van der Waals surface area contributed by atoms with Crippen molar-refractivity contribution in [1.82, 2.24) is 9.78 Å². The van der Waals surface area contributed by atoms with Gasteiger partial charge < -0.3 is 0 Å². The largest absolute Gasteiger partial charge is 0.297 e. The van der Waals surface area contributed by atoms with E-state index in [-0.39, 0.29) is 11.8 Å². The van der Waals surface area contributed by atoms with Crippen LogP contribution in [0.15, 0.2) is 11.2 Å². The summed E-state index contributed by atoms with van der Waals surface area (Å²) < 4.78 is 1.74. The molecule has 1 fully saturated rings. The van der Waals surface area contributed by atoms with Crippen LogP contribution in [-0.4, -0.2) is 28.8 Å². The van der Waals surface area contributed by atoms with Crippen molar-refractivity contribution < 1.29 is 4.79 Å². The Morgan fingerprint density at radius 2 is 2.37 bits per heavy atom. The van der Waals surface area contributed by atoms with E-state index >= 15 is 0 Å². The lowest BCUT2D eigenvalue weighted by Gasteiger charge is -2.15. The zero-order valence-corrected chi connectivity index (χ0v) is 11.4. The van der Waals surface area contributed by atoms with Gasteiger partial charge in [0.15, 0.2) is 0 Å². The maximum atomic E-state index is 12.0. The summed E-state index contributed by atoms with van der Waals surface area (Å²) >= 11 is 0. The lowest BCUT2D eigenvalue weighted by Crippen LogP contribution is -2.26. The van der Waals surface area contributed by atoms with Crippen LogP contribution in [0, 0.1) is 5.92 Å². The third kappa shape index (κ3) is 2.71. The molecule has 0 saturated carbocycles. The van der Waals surface area contributed by atoms with Gasteiger partial charge in [-0.3, -0.25) is 14.4 Å². The molecular formula is C12H18N6O. The molecule has 0 aliphatic carbocycles. The SMILES string of the molecule is CC(C)c1cc(N2CC(CN=[N+]=[N-])CC2=O)n(C)n1. The maximum Gasteiger partial charge on any atom is 0.228 e. The first-order valence-electron chi connectivity index (χ1n) is 6.38. The van der Waals surface area contributed by atoms with Crippen LogP contribution in [0.3, 0.4) is 0 Å². The second-order valence-electron chi connectivity index (χ2n) is 5.19. The van der Waals surface area contributed by atoms with Gasteiger partial charge >= 0.3 is 0 Å². The van der Waals surface area contributed by atoms with Crippen LogP contribution in [0.1, 0.15) is 31.9 Å². The van der Waals surface area contributed by atoms with Gasteiger partial charge in [-0.05, 0) is 17.4 Å². The Balaban J connectivity index is 2.18. The molecule has 1 atom stereocenters. The summed E-state index contributed by atoms with van der Waals surface area (Å²) in [5, 5.41) is 7.97. The van der Waals surface area contributed by atoms with Crippen molar-refractivity contribution in [2.75, 3.05) is 18.0 Å². The quantitative estimate of drug-likeness (QED) is 0.473. The molecule has 1 amide bonds. The molecule has 2 heterocycles. The molecule has 0 N–H and O–H groups in total. The van der Waals surface area contributed by atoms with Gasteiger partial charge in [-0.15, -0.1) is 0 Å². The van der Waals surface area contributed by atoms with E-state index in [9.17, 15) is 4.79 Å². The van der Waals surface area contributed by atoms with Crippen LogP contribution in [0.5, 0.6) is 0 Å². The van der Waals surface area contributed by atoms with Gasteiger partial charge in [0.25, 0.3) is 0 Å². The number of carbonyl (C=O) groups is 1. The molecule has 0 bridgehead atoms. The van der Waals surface area contributed by atoms with E-state index < -0.39 is 0 Å². The van der Waals surface area contributed by atoms with Gasteiger partial charge in [0, 0.05) is 37.5 Å². The highest BCUT2D eigenvalue weighted by atomic mass is 16.2. The Bertz CT molecular complexity index is 528. The molecule has 1 aromatic rings. The number of azide groups is 1. The van der Waals surface area contributed by atoms with E-state index in [1.165, 1.54) is 0 Å². The summed E-state index contributed by atoms with van der Waals surface area (Å²) in [6.45, 7) is 5.10. The molecule has 1 aliphatic rings. The molecule has 1 unspecified atom stereocenters. The lowest BCUT2D eigenvalue weighted by molar-refractivity contribution is -0.117. The molecule has 0 radical (unpaired) electrons. The Hall–Kier alpha value is -2.01. The average Bonchev–Trinajstić information content (AvgIpc) is 2.90. The molecule has 7 heteroatoms. The van der Waals surface area contributed by atoms with E-state index in [1.54, 1.807) is 9.58 Å². The molecular weight excluding hydrogens is 244 g/mol. The molecule has 0 spiro atoms. The first-order chi connectivity index (χ1) is 9.02. The van der Waals surface area contributed by atoms with E-state index in [4.69, 9.17) is 5.53 Å². The number of aryl methyl sites for hydroxylation is 1. The van der Waals surface area contributed by atoms with Crippen molar-refractivity contribution >= 4 is 11.7 Å². The van der Waals surface area contributed by atoms with Crippen LogP contribution in [0.2, 0.25) is 0 Å². The minimum absolute atomic E-state index is 0.0662. The van der Waals surface area contributed by atoms with Gasteiger partial charge in [-0.2, -0.15) is 5.10 Å². The van der Waals surface area contributed by atoms with Gasteiger partial charge in [0.1, 0.15) is 5.82 Å². The number of anilines is 1. The minimum Gasteiger partial charge on any atom is -0.297 e. The van der Waals surface area contributed by atoms with Gasteiger partial charge in [-0.25, -0.2) is 0 Å². The minimum atomic E-state index is 0.0662. The zero-order chi connectivity index (χ0) is 14.0. The number of amides is 1. The van der Waals surface area contributed by atoms with Crippen LogP contribution in [-0.2, 0) is 11.8 Å². The summed E-state index contributed by atoms with van der Waals surface area (Å²) in [6.07, 6.45) is 0.432. The molecule has 7 nitrogen and oxygen atoms in total. The van der Waals surface area contributed by atoms with Crippen LogP contribution >= 0.6 is 0 Å². The molecule has 19 heavy (non-hydrogen) atoms. The molecule has 102 valence electrons. The summed E-state index contributed by atoms with van der Waals surface area (Å²) in [5.74, 6) is 1.31. The normalized spacial score (nSPS) is 19.1. The number of nitrogens with zero attached hydrogens (tertiary/aromatic N) is 6. The number of hydrogen-bond acceptors (Lipinski definition) is 3. The fourth-order valence-corrected chi connectivity index (χ4v) is 2.29. The Kier molecular flexibility index (Phi) is 3.76. The standard InChI is InChI=1S/C12H18N6O/c1-8(2)10-5-11(17(3)15-10)18-7-9(4-12(18)19)6-14-16-13/h5,8-9H,4,6-7H2,1-3H3. The summed E-state index contributed by atoms with van der Waals surface area (Å²) in [6, 6.07) is 1.96. The first kappa shape index (κ1) is 13.4. The van der Waals surface area contributed by atoms with Crippen LogP contribution in [0.4, 0.5) is 5.82 Å². The van der Waals surface area contributed by atoms with Gasteiger partial charge in [0.2, 0.25) is 5.91 Å². The van der Waals surface area contributed by atoms with Crippen LogP contribution in [0.25, 0.3) is 10.4 Å². The Morgan fingerprint density at radius 1 is 1.63 bits per heavy atom. The van der Waals surface area contributed by atoms with E-state index in [2.05, 4.69) is 29.0 Å². The van der Waals surface area contributed by atoms with E-state index in [0.29, 0.717) is 25.4 Å². The van der Waals surface area contributed by atoms with Crippen LogP contribution < -0.4 is 4.90 Å². The van der Waals surface area contributed by atoms with Crippen molar-refractivity contribution in [3.8, 4) is 0 Å². The number of carbonyl (C=O) groups excluding carboxylic acids is 1. The summed E-state index contributed by atoms with van der Waals surface area (Å²) in [5.41, 5.74) is 9.31. The highest BCUT2D eigenvalue weighted by Crippen LogP contribution is 2.27. The molecule has 1 aliphatic heterocycles. The fraction of sp³-hybridized carbons (Fsp3) is 0.667. The first-order valence-corrected chi connectivity index (χ1v) is 6.38. The molecule has 0 aromatic carbocycles. The van der Waals surface area contributed by atoms with Crippen molar-refractivity contribution in [3.63, 3.8) is 0 Å². The summed E-state index contributed by atoms with van der Waals surface area (Å²) in [4.78, 5) is 16.5. The van der Waals surface area contributed by atoms with E-state index in [1.807, 2.05) is 13.1 Å². The van der Waals surface area contributed by atoms with Crippen molar-refractivity contribution in [1.29, 1.82) is 0 Å². The predicted octanol–water partition coefficient (Wildman–Crippen LogP) is 2.21. The third-order valence-corrected chi connectivity index (χ3v) is 3.35. The predicted molar refractivity (Wildman–Crippen MR) is 71.8 cm³/mol. The Morgan fingerprint density at radius 3 is 2.95 bits per heavy atom. The summed E-state index contributed by atoms with van der Waals surface area (Å²) in [7, 11) is 1.84. The smallest absolute Gasteiger partial charge is 0.228 e. The molecule has 2 rings (SSSR count). The monoisotopic (exact) mass is 262 g/mol. The third-order valence-electron chi connectivity index (χ3n) is 3.35. The van der Waals surface area contributed by atoms with Crippen molar-refractivity contribution in [2.24, 2.45) is 18.1 Å². The fourth-order valence-electron chi connectivity index (χ4n) is 2.29. The highest BCUT2D eigenvalue weighted by molar-refractivity contribution is 5.95. The van der Waals surface area contributed by atoms with Crippen molar-refractivity contribution in [2.45, 2.75) is 26.2 Å². The Labute approximate surface area is 111 Å². The molecule has 1 aromatic heterocycles. The molecule has 1 saturated heterocycles. The van der Waals surface area contributed by atoms with E-state index in [0.717, 1.165) is 11.5 Å². The van der Waals surface area contributed by atoms with Gasteiger partial charge in [-0.1, -0.05) is 19.0 Å². The second-order valence-corrected chi connectivity index (χ2v) is 5.19. The number of aromatic nitrogens is 2. The maximum absolute atomic E-state index is 12.0. The average molecular weight is 262 g/mol. The second kappa shape index (κ2) is 5.32. The van der Waals surface area contributed by atoms with Crippen molar-refractivity contribution in [3.05, 3.63) is 22.2 Å². The topological polar surface area (TPSA) is 86.9 Å². The number of rotatable bonds is 4.